The van der Waals surface area contributed by atoms with Crippen molar-refractivity contribution < 1.29 is 17.6 Å². The number of benzene rings is 2. The van der Waals surface area contributed by atoms with E-state index >= 15 is 0 Å². The van der Waals surface area contributed by atoms with Crippen molar-refractivity contribution in [2.75, 3.05) is 24.7 Å². The molecule has 3 aromatic rings. The van der Waals surface area contributed by atoms with Crippen LogP contribution in [0.1, 0.15) is 12.8 Å². The standard InChI is InChI=1S/C20H21N3O4S/c1-28(25,26)23-12-10-14(11-13-23)19(24)21-16-8-6-15(7-9-16)20-22-17-4-2-3-5-18(17)27-20/h2-9,14H,10-13H2,1H3,(H,21,24). The smallest absolute Gasteiger partial charge is 0.227 e. The molecule has 0 bridgehead atoms. The van der Waals surface area contributed by atoms with Crippen LogP contribution in [0, 0.1) is 5.92 Å². The van der Waals surface area contributed by atoms with Gasteiger partial charge in [0.05, 0.1) is 6.26 Å². The number of para-hydroxylation sites is 2. The fourth-order valence-corrected chi connectivity index (χ4v) is 4.26. The maximum atomic E-state index is 12.5. The van der Waals surface area contributed by atoms with Crippen LogP contribution in [0.3, 0.4) is 0 Å². The molecule has 1 aromatic heterocycles. The van der Waals surface area contributed by atoms with Gasteiger partial charge in [0.15, 0.2) is 5.58 Å². The molecule has 1 saturated heterocycles. The molecule has 1 aliphatic rings. The van der Waals surface area contributed by atoms with Crippen LogP contribution in [-0.2, 0) is 14.8 Å². The summed E-state index contributed by atoms with van der Waals surface area (Å²) in [5, 5.41) is 2.91. The van der Waals surface area contributed by atoms with Crippen molar-refractivity contribution >= 4 is 32.7 Å². The lowest BCUT2D eigenvalue weighted by Crippen LogP contribution is -2.40. The molecule has 2 aromatic carbocycles. The van der Waals surface area contributed by atoms with Crippen molar-refractivity contribution in [1.82, 2.24) is 9.29 Å². The highest BCUT2D eigenvalue weighted by atomic mass is 32.2. The molecule has 0 unspecified atom stereocenters. The van der Waals surface area contributed by atoms with Crippen molar-refractivity contribution in [3.8, 4) is 11.5 Å². The number of hydrogen-bond acceptors (Lipinski definition) is 5. The van der Waals surface area contributed by atoms with E-state index in [1.807, 2.05) is 48.5 Å². The lowest BCUT2D eigenvalue weighted by molar-refractivity contribution is -0.120. The van der Waals surface area contributed by atoms with Crippen molar-refractivity contribution in [2.24, 2.45) is 5.92 Å². The number of hydrogen-bond donors (Lipinski definition) is 1. The van der Waals surface area contributed by atoms with Gasteiger partial charge in [-0.05, 0) is 49.2 Å². The molecule has 0 aliphatic carbocycles. The van der Waals surface area contributed by atoms with E-state index in [2.05, 4.69) is 10.3 Å². The van der Waals surface area contributed by atoms with Gasteiger partial charge in [0.2, 0.25) is 21.8 Å². The Kier molecular flexibility index (Phi) is 4.91. The zero-order valence-corrected chi connectivity index (χ0v) is 16.3. The van der Waals surface area contributed by atoms with Gasteiger partial charge in [0, 0.05) is 30.3 Å². The zero-order valence-electron chi connectivity index (χ0n) is 15.5. The highest BCUT2D eigenvalue weighted by Gasteiger charge is 2.28. The Morgan fingerprint density at radius 1 is 1.11 bits per heavy atom. The van der Waals surface area contributed by atoms with Crippen LogP contribution >= 0.6 is 0 Å². The van der Waals surface area contributed by atoms with Crippen LogP contribution in [0.25, 0.3) is 22.6 Å². The van der Waals surface area contributed by atoms with E-state index in [1.54, 1.807) is 0 Å². The van der Waals surface area contributed by atoms with Crippen molar-refractivity contribution in [2.45, 2.75) is 12.8 Å². The summed E-state index contributed by atoms with van der Waals surface area (Å²) < 4.78 is 30.3. The number of rotatable bonds is 4. The van der Waals surface area contributed by atoms with Crippen LogP contribution in [-0.4, -0.2) is 43.0 Å². The Bertz CT molecular complexity index is 1060. The second-order valence-electron chi connectivity index (χ2n) is 6.99. The van der Waals surface area contributed by atoms with E-state index < -0.39 is 10.0 Å². The van der Waals surface area contributed by atoms with Crippen LogP contribution in [0.2, 0.25) is 0 Å². The number of carbonyl (C=O) groups is 1. The molecular weight excluding hydrogens is 378 g/mol. The number of carbonyl (C=O) groups excluding carboxylic acids is 1. The van der Waals surface area contributed by atoms with E-state index in [1.165, 1.54) is 10.6 Å². The van der Waals surface area contributed by atoms with Gasteiger partial charge in [-0.3, -0.25) is 4.79 Å². The molecule has 28 heavy (non-hydrogen) atoms. The maximum Gasteiger partial charge on any atom is 0.227 e. The third-order valence-electron chi connectivity index (χ3n) is 4.99. The van der Waals surface area contributed by atoms with Gasteiger partial charge in [0.25, 0.3) is 0 Å². The normalized spacial score (nSPS) is 16.3. The number of fused-ring (bicyclic) bond motifs is 1. The lowest BCUT2D eigenvalue weighted by Gasteiger charge is -2.29. The number of nitrogens with zero attached hydrogens (tertiary/aromatic N) is 2. The van der Waals surface area contributed by atoms with E-state index in [4.69, 9.17) is 4.42 Å². The Balaban J connectivity index is 1.40. The molecule has 0 saturated carbocycles. The first-order valence-corrected chi connectivity index (χ1v) is 11.0. The topological polar surface area (TPSA) is 92.5 Å². The van der Waals surface area contributed by atoms with Gasteiger partial charge in [-0.1, -0.05) is 12.1 Å². The van der Waals surface area contributed by atoms with Gasteiger partial charge in [-0.2, -0.15) is 0 Å². The minimum absolute atomic E-state index is 0.0808. The van der Waals surface area contributed by atoms with E-state index in [-0.39, 0.29) is 11.8 Å². The Labute approximate surface area is 163 Å². The fraction of sp³-hybridized carbons (Fsp3) is 0.300. The van der Waals surface area contributed by atoms with Gasteiger partial charge in [0.1, 0.15) is 5.52 Å². The molecule has 1 N–H and O–H groups in total. The Morgan fingerprint density at radius 2 is 1.79 bits per heavy atom. The molecule has 1 aliphatic heterocycles. The molecule has 1 fully saturated rings. The third-order valence-corrected chi connectivity index (χ3v) is 6.29. The molecule has 0 radical (unpaired) electrons. The highest BCUT2D eigenvalue weighted by Crippen LogP contribution is 2.26. The van der Waals surface area contributed by atoms with Gasteiger partial charge < -0.3 is 9.73 Å². The first-order chi connectivity index (χ1) is 13.4. The van der Waals surface area contributed by atoms with Gasteiger partial charge in [-0.25, -0.2) is 17.7 Å². The van der Waals surface area contributed by atoms with Crippen LogP contribution < -0.4 is 5.32 Å². The summed E-state index contributed by atoms with van der Waals surface area (Å²) in [6.45, 7) is 0.765. The van der Waals surface area contributed by atoms with E-state index in [0.29, 0.717) is 37.5 Å². The van der Waals surface area contributed by atoms with Crippen molar-refractivity contribution in [3.05, 3.63) is 48.5 Å². The summed E-state index contributed by atoms with van der Waals surface area (Å²) >= 11 is 0. The number of oxazole rings is 1. The SMILES string of the molecule is CS(=O)(=O)N1CCC(C(=O)Nc2ccc(-c3nc4ccccc4o3)cc2)CC1. The largest absolute Gasteiger partial charge is 0.436 e. The molecular formula is C20H21N3O4S. The summed E-state index contributed by atoms with van der Waals surface area (Å²) in [7, 11) is -3.19. The number of anilines is 1. The molecule has 0 spiro atoms. The number of amides is 1. The average Bonchev–Trinajstić information content (AvgIpc) is 3.12. The molecule has 146 valence electrons. The predicted octanol–water partition coefficient (Wildman–Crippen LogP) is 3.10. The maximum absolute atomic E-state index is 12.5. The van der Waals surface area contributed by atoms with Gasteiger partial charge >= 0.3 is 0 Å². The predicted molar refractivity (Wildman–Crippen MR) is 107 cm³/mol. The van der Waals surface area contributed by atoms with Crippen LogP contribution in [0.5, 0.6) is 0 Å². The fourth-order valence-electron chi connectivity index (χ4n) is 3.39. The van der Waals surface area contributed by atoms with Gasteiger partial charge in [-0.15, -0.1) is 0 Å². The quantitative estimate of drug-likeness (QED) is 0.728. The summed E-state index contributed by atoms with van der Waals surface area (Å²) in [5.74, 6) is 0.268. The first-order valence-electron chi connectivity index (χ1n) is 9.12. The summed E-state index contributed by atoms with van der Waals surface area (Å²) in [4.78, 5) is 17.0. The van der Waals surface area contributed by atoms with E-state index in [9.17, 15) is 13.2 Å². The average molecular weight is 399 g/mol. The molecule has 2 heterocycles. The van der Waals surface area contributed by atoms with Crippen molar-refractivity contribution in [3.63, 3.8) is 0 Å². The minimum atomic E-state index is -3.19. The number of piperidine rings is 1. The zero-order chi connectivity index (χ0) is 19.7. The molecule has 4 rings (SSSR count). The summed E-state index contributed by atoms with van der Waals surface area (Å²) in [6, 6.07) is 14.9. The summed E-state index contributed by atoms with van der Waals surface area (Å²) in [5.41, 5.74) is 3.05. The molecule has 1 amide bonds. The monoisotopic (exact) mass is 399 g/mol. The molecule has 8 heteroatoms. The lowest BCUT2D eigenvalue weighted by atomic mass is 9.97. The number of nitrogens with one attached hydrogen (secondary N) is 1. The summed E-state index contributed by atoms with van der Waals surface area (Å²) in [6.07, 6.45) is 2.26. The first kappa shape index (κ1) is 18.6. The second-order valence-corrected chi connectivity index (χ2v) is 8.97. The highest BCUT2D eigenvalue weighted by molar-refractivity contribution is 7.88. The molecule has 0 atom stereocenters. The molecule has 7 nitrogen and oxygen atoms in total. The Morgan fingerprint density at radius 3 is 2.43 bits per heavy atom. The third kappa shape index (κ3) is 3.93. The number of aromatic nitrogens is 1. The van der Waals surface area contributed by atoms with E-state index in [0.717, 1.165) is 16.7 Å². The minimum Gasteiger partial charge on any atom is -0.436 e. The van der Waals surface area contributed by atoms with Crippen LogP contribution in [0.15, 0.2) is 52.9 Å². The van der Waals surface area contributed by atoms with Crippen molar-refractivity contribution in [1.29, 1.82) is 0 Å². The Hall–Kier alpha value is -2.71. The van der Waals surface area contributed by atoms with Crippen LogP contribution in [0.4, 0.5) is 5.69 Å². The second kappa shape index (κ2) is 7.37. The number of sulfonamides is 1.